The second kappa shape index (κ2) is 11.1. The third kappa shape index (κ3) is 5.78. The van der Waals surface area contributed by atoms with E-state index in [0.29, 0.717) is 62.9 Å². The van der Waals surface area contributed by atoms with Crippen molar-refractivity contribution in [3.8, 4) is 0 Å². The van der Waals surface area contributed by atoms with Crippen LogP contribution in [0.4, 0.5) is 5.69 Å². The number of nitrogens with one attached hydrogen (secondary N) is 2. The highest BCUT2D eigenvalue weighted by molar-refractivity contribution is 6.01. The molecule has 1 aliphatic carbocycles. The fraction of sp³-hybridized carbons (Fsp3) is 0.500. The van der Waals surface area contributed by atoms with Crippen LogP contribution in [0.1, 0.15) is 54.4 Å². The van der Waals surface area contributed by atoms with Crippen LogP contribution in [0.15, 0.2) is 30.9 Å². The first-order valence-corrected chi connectivity index (χ1v) is 11.4. The summed E-state index contributed by atoms with van der Waals surface area (Å²) >= 11 is 0. The van der Waals surface area contributed by atoms with Crippen molar-refractivity contribution in [3.05, 3.63) is 42.0 Å². The smallest absolute Gasteiger partial charge is 0.308 e. The largest absolute Gasteiger partial charge is 0.481 e. The van der Waals surface area contributed by atoms with Gasteiger partial charge in [0.05, 0.1) is 5.92 Å². The van der Waals surface area contributed by atoms with Crippen molar-refractivity contribution in [2.24, 2.45) is 11.7 Å². The zero-order valence-electron chi connectivity index (χ0n) is 18.7. The van der Waals surface area contributed by atoms with Gasteiger partial charge in [0.25, 0.3) is 5.91 Å². The molecule has 1 aromatic rings. The van der Waals surface area contributed by atoms with E-state index >= 15 is 0 Å². The summed E-state index contributed by atoms with van der Waals surface area (Å²) in [6, 6.07) is 3.90. The Balaban J connectivity index is 1.75. The van der Waals surface area contributed by atoms with Crippen molar-refractivity contribution in [2.45, 2.75) is 57.0 Å². The number of aryl methyl sites for hydroxylation is 1. The summed E-state index contributed by atoms with van der Waals surface area (Å²) < 4.78 is 0. The van der Waals surface area contributed by atoms with E-state index < -0.39 is 35.8 Å². The summed E-state index contributed by atoms with van der Waals surface area (Å²) in [5, 5.41) is 15.0. The van der Waals surface area contributed by atoms with E-state index in [-0.39, 0.29) is 5.91 Å². The molecule has 178 valence electrons. The molecule has 3 amide bonds. The van der Waals surface area contributed by atoms with Crippen molar-refractivity contribution < 1.29 is 24.3 Å². The lowest BCUT2D eigenvalue weighted by Crippen LogP contribution is -2.51. The number of benzene rings is 1. The predicted molar refractivity (Wildman–Crippen MR) is 124 cm³/mol. The van der Waals surface area contributed by atoms with Crippen LogP contribution < -0.4 is 21.3 Å². The minimum absolute atomic E-state index is 0.0234. The third-order valence-corrected chi connectivity index (χ3v) is 6.34. The van der Waals surface area contributed by atoms with Crippen LogP contribution in [0.3, 0.4) is 0 Å². The first kappa shape index (κ1) is 24.4. The number of hydrogen-bond acceptors (Lipinski definition) is 5. The van der Waals surface area contributed by atoms with Gasteiger partial charge in [-0.3, -0.25) is 19.2 Å². The van der Waals surface area contributed by atoms with E-state index in [2.05, 4.69) is 17.2 Å². The quantitative estimate of drug-likeness (QED) is 0.392. The molecule has 3 unspecified atom stereocenters. The minimum atomic E-state index is -0.923. The maximum atomic E-state index is 13.0. The van der Waals surface area contributed by atoms with Gasteiger partial charge >= 0.3 is 5.97 Å². The van der Waals surface area contributed by atoms with Crippen molar-refractivity contribution in [1.82, 2.24) is 10.6 Å². The number of amides is 3. The Morgan fingerprint density at radius 2 is 2.06 bits per heavy atom. The number of carbonyl (C=O) groups is 4. The van der Waals surface area contributed by atoms with Gasteiger partial charge in [-0.25, -0.2) is 0 Å². The topological polar surface area (TPSA) is 142 Å². The Morgan fingerprint density at radius 1 is 1.27 bits per heavy atom. The molecule has 33 heavy (non-hydrogen) atoms. The molecule has 3 atom stereocenters. The molecule has 1 aromatic carbocycles. The molecule has 9 heteroatoms. The van der Waals surface area contributed by atoms with Gasteiger partial charge in [-0.15, -0.1) is 6.58 Å². The fourth-order valence-electron chi connectivity index (χ4n) is 4.55. The van der Waals surface area contributed by atoms with Gasteiger partial charge in [0, 0.05) is 30.3 Å². The summed E-state index contributed by atoms with van der Waals surface area (Å²) in [7, 11) is 0. The molecule has 0 saturated heterocycles. The minimum Gasteiger partial charge on any atom is -0.481 e. The zero-order valence-corrected chi connectivity index (χ0v) is 18.7. The van der Waals surface area contributed by atoms with Crippen LogP contribution >= 0.6 is 0 Å². The maximum Gasteiger partial charge on any atom is 0.308 e. The number of carboxylic acid groups (broad SMARTS) is 1. The molecule has 1 aliphatic heterocycles. The van der Waals surface area contributed by atoms with Gasteiger partial charge in [0.1, 0.15) is 6.04 Å². The number of hydrogen-bond donors (Lipinski definition) is 4. The van der Waals surface area contributed by atoms with Crippen molar-refractivity contribution in [3.63, 3.8) is 0 Å². The number of nitrogens with zero attached hydrogens (tertiary/aromatic N) is 1. The predicted octanol–water partition coefficient (Wildman–Crippen LogP) is 1.36. The molecule has 0 radical (unpaired) electrons. The van der Waals surface area contributed by atoms with Crippen LogP contribution in [-0.4, -0.2) is 54.0 Å². The van der Waals surface area contributed by atoms with E-state index in [1.165, 1.54) is 0 Å². The number of anilines is 1. The molecule has 9 nitrogen and oxygen atoms in total. The number of carbonyl (C=O) groups excluding carboxylic acids is 3. The first-order chi connectivity index (χ1) is 15.8. The van der Waals surface area contributed by atoms with Gasteiger partial charge in [-0.2, -0.15) is 0 Å². The van der Waals surface area contributed by atoms with Crippen molar-refractivity contribution >= 4 is 29.4 Å². The number of fused-ring (bicyclic) bond motifs is 1. The molecule has 0 spiro atoms. The molecule has 1 heterocycles. The monoisotopic (exact) mass is 456 g/mol. The molecule has 2 aliphatic rings. The number of nitrogens with two attached hydrogens (primary N) is 1. The summed E-state index contributed by atoms with van der Waals surface area (Å²) in [5.74, 6) is -2.41. The first-order valence-electron chi connectivity index (χ1n) is 11.4. The Kier molecular flexibility index (Phi) is 8.21. The molecular formula is C24H32N4O5. The number of rotatable bonds is 10. The van der Waals surface area contributed by atoms with Gasteiger partial charge in [0.15, 0.2) is 0 Å². The highest BCUT2D eigenvalue weighted by Gasteiger charge is 2.35. The molecule has 0 bridgehead atoms. The second-order valence-electron chi connectivity index (χ2n) is 8.58. The van der Waals surface area contributed by atoms with Crippen LogP contribution in [-0.2, 0) is 20.8 Å². The summed E-state index contributed by atoms with van der Waals surface area (Å²) in [4.78, 5) is 51.3. The highest BCUT2D eigenvalue weighted by atomic mass is 16.4. The van der Waals surface area contributed by atoms with Crippen LogP contribution in [0.5, 0.6) is 0 Å². The van der Waals surface area contributed by atoms with Crippen molar-refractivity contribution in [2.75, 3.05) is 18.0 Å². The Morgan fingerprint density at radius 3 is 2.76 bits per heavy atom. The normalized spacial score (nSPS) is 20.6. The lowest BCUT2D eigenvalue weighted by molar-refractivity contribution is -0.142. The average Bonchev–Trinajstić information content (AvgIpc) is 3.26. The van der Waals surface area contributed by atoms with E-state index in [0.717, 1.165) is 12.0 Å². The van der Waals surface area contributed by atoms with E-state index in [1.807, 2.05) is 6.07 Å². The van der Waals surface area contributed by atoms with Gasteiger partial charge in [0.2, 0.25) is 11.8 Å². The zero-order chi connectivity index (χ0) is 24.0. The molecular weight excluding hydrogens is 424 g/mol. The summed E-state index contributed by atoms with van der Waals surface area (Å²) in [5.41, 5.74) is 7.61. The van der Waals surface area contributed by atoms with E-state index in [9.17, 15) is 24.3 Å². The average molecular weight is 457 g/mol. The van der Waals surface area contributed by atoms with Gasteiger partial charge < -0.3 is 26.4 Å². The van der Waals surface area contributed by atoms with E-state index in [1.54, 1.807) is 23.1 Å². The third-order valence-electron chi connectivity index (χ3n) is 6.34. The Hall–Kier alpha value is -3.20. The lowest BCUT2D eigenvalue weighted by Gasteiger charge is -2.29. The molecule has 5 N–H and O–H groups in total. The molecule has 1 saturated carbocycles. The van der Waals surface area contributed by atoms with Crippen molar-refractivity contribution in [1.29, 1.82) is 0 Å². The summed E-state index contributed by atoms with van der Waals surface area (Å²) in [6.07, 6.45) is 5.37. The Bertz CT molecular complexity index is 931. The van der Waals surface area contributed by atoms with Gasteiger partial charge in [-0.1, -0.05) is 18.6 Å². The van der Waals surface area contributed by atoms with Crippen LogP contribution in [0, 0.1) is 5.92 Å². The highest BCUT2D eigenvalue weighted by Crippen LogP contribution is 2.29. The summed E-state index contributed by atoms with van der Waals surface area (Å²) in [6.45, 7) is 4.41. The lowest BCUT2D eigenvalue weighted by atomic mass is 9.98. The van der Waals surface area contributed by atoms with Crippen LogP contribution in [0.2, 0.25) is 0 Å². The second-order valence-corrected chi connectivity index (χ2v) is 8.58. The maximum absolute atomic E-state index is 13.0. The number of carboxylic acids is 1. The molecule has 0 aromatic heterocycles. The molecule has 3 rings (SSSR count). The van der Waals surface area contributed by atoms with E-state index in [4.69, 9.17) is 5.73 Å². The molecule has 1 fully saturated rings. The standard InChI is InChI=1S/C24H32N4O5/c1-2-13-28-20-14-16(9-8-15(20)10-11-21(28)29)22(30)27-19(7-4-12-25)23(31)26-18-6-3-5-17(18)24(32)33/h2,8-9,14,17-19H,1,3-7,10-13,25H2,(H,26,31)(H,27,30)(H,32,33). The van der Waals surface area contributed by atoms with Gasteiger partial charge in [-0.05, 0) is 56.3 Å². The fourth-order valence-corrected chi connectivity index (χ4v) is 4.55. The SMILES string of the molecule is C=CCN1C(=O)CCc2ccc(C(=O)NC(CCCN)C(=O)NC3CCCC3C(=O)O)cc21. The number of aliphatic carboxylic acids is 1. The Labute approximate surface area is 193 Å². The van der Waals surface area contributed by atoms with Crippen LogP contribution in [0.25, 0.3) is 0 Å².